The van der Waals surface area contributed by atoms with Gasteiger partial charge in [0.1, 0.15) is 67.6 Å². The van der Waals surface area contributed by atoms with E-state index in [-0.39, 0.29) is 42.3 Å². The number of ether oxygens (including phenoxy) is 9. The summed E-state index contributed by atoms with van der Waals surface area (Å²) in [5.74, 6) is -0.528. The van der Waals surface area contributed by atoms with Crippen LogP contribution in [0.15, 0.2) is 11.6 Å². The van der Waals surface area contributed by atoms with Crippen molar-refractivity contribution >= 4 is 11.9 Å². The molecule has 4 aliphatic heterocycles. The molecule has 8 aliphatic rings. The van der Waals surface area contributed by atoms with Gasteiger partial charge in [-0.05, 0) is 80.6 Å². The van der Waals surface area contributed by atoms with Crippen LogP contribution < -0.4 is 0 Å². The van der Waals surface area contributed by atoms with Crippen molar-refractivity contribution in [2.24, 2.45) is 34.5 Å². The lowest BCUT2D eigenvalue weighted by atomic mass is 9.43. The Labute approximate surface area is 366 Å². The molecule has 19 nitrogen and oxygen atoms in total. The topological polar surface area (TPSA) is 279 Å². The Morgan fingerprint density at radius 3 is 2.19 bits per heavy atom. The van der Waals surface area contributed by atoms with Crippen LogP contribution in [0.3, 0.4) is 0 Å². The maximum Gasteiger partial charge on any atom is 0.331 e. The first-order valence-electron chi connectivity index (χ1n) is 22.7. The highest BCUT2D eigenvalue weighted by Gasteiger charge is 2.71. The molecule has 7 fully saturated rings. The largest absolute Gasteiger partial charge is 0.462 e. The summed E-state index contributed by atoms with van der Waals surface area (Å²) in [6, 6.07) is 0. The summed E-state index contributed by atoms with van der Waals surface area (Å²) in [6.45, 7) is 6.62. The SMILES string of the molecule is CO[C@H]1C[C@H](O[C@H]2CC[C@@]3(C)[C@H](CC[C@@H]4[C@@H]3CC[C@]3(C)[C@@H](C5=CC(=O)OC5)[C@@H](OC(C)=O)C[C@]43O)C2)O[C@H](C)[C@H]1O[C@@H]1O[C@H](CO[C@@H]2O[C@H](CO)[C@@H](O)[C@H](O)[C@H]2O)[C@@H](O)[C@H](O)[C@H]1O. The average molecular weight is 901 g/mol. The molecule has 0 spiro atoms. The Morgan fingerprint density at radius 1 is 0.825 bits per heavy atom. The van der Waals surface area contributed by atoms with Crippen molar-refractivity contribution in [3.63, 3.8) is 0 Å². The van der Waals surface area contributed by atoms with E-state index in [1.807, 2.05) is 0 Å². The first kappa shape index (κ1) is 47.6. The summed E-state index contributed by atoms with van der Waals surface area (Å²) in [5.41, 5.74) is -0.944. The highest BCUT2D eigenvalue weighted by Crippen LogP contribution is 2.70. The fraction of sp³-hybridized carbons (Fsp3) is 0.909. The fourth-order valence-electron chi connectivity index (χ4n) is 13.3. The molecule has 8 N–H and O–H groups in total. The summed E-state index contributed by atoms with van der Waals surface area (Å²) in [7, 11) is 1.52. The molecule has 3 saturated heterocycles. The normalized spacial score (nSPS) is 52.3. The number of carbonyl (C=O) groups excluding carboxylic acids is 2. The molecule has 8 rings (SSSR count). The van der Waals surface area contributed by atoms with E-state index in [0.717, 1.165) is 50.5 Å². The molecule has 23 atom stereocenters. The summed E-state index contributed by atoms with van der Waals surface area (Å²) in [5, 5.41) is 85.4. The van der Waals surface area contributed by atoms with Crippen molar-refractivity contribution in [3.8, 4) is 0 Å². The highest BCUT2D eigenvalue weighted by atomic mass is 16.8. The van der Waals surface area contributed by atoms with Crippen molar-refractivity contribution in [3.05, 3.63) is 11.6 Å². The van der Waals surface area contributed by atoms with Crippen LogP contribution in [0, 0.1) is 34.5 Å². The van der Waals surface area contributed by atoms with Crippen LogP contribution in [0.1, 0.15) is 85.5 Å². The third-order valence-electron chi connectivity index (χ3n) is 16.7. The quantitative estimate of drug-likeness (QED) is 0.0943. The lowest BCUT2D eigenvalue weighted by Crippen LogP contribution is -2.63. The van der Waals surface area contributed by atoms with Crippen molar-refractivity contribution in [2.75, 3.05) is 26.9 Å². The van der Waals surface area contributed by atoms with Crippen LogP contribution in [-0.2, 0) is 52.2 Å². The molecular formula is C44H68O19. The fourth-order valence-corrected chi connectivity index (χ4v) is 13.3. The minimum Gasteiger partial charge on any atom is -0.462 e. The van der Waals surface area contributed by atoms with E-state index >= 15 is 0 Å². The highest BCUT2D eigenvalue weighted by molar-refractivity contribution is 5.85. The van der Waals surface area contributed by atoms with E-state index in [0.29, 0.717) is 12.3 Å². The van der Waals surface area contributed by atoms with Crippen LogP contribution in [-0.4, -0.2) is 184 Å². The Kier molecular flexibility index (Phi) is 13.8. The number of rotatable bonds is 11. The van der Waals surface area contributed by atoms with Gasteiger partial charge in [0.15, 0.2) is 18.9 Å². The number of aliphatic hydroxyl groups is 8. The molecule has 0 amide bonds. The second kappa shape index (κ2) is 18.3. The van der Waals surface area contributed by atoms with Crippen LogP contribution >= 0.6 is 0 Å². The zero-order chi connectivity index (χ0) is 45.3. The maximum atomic E-state index is 12.9. The predicted molar refractivity (Wildman–Crippen MR) is 213 cm³/mol. The van der Waals surface area contributed by atoms with E-state index in [2.05, 4.69) is 13.8 Å². The Morgan fingerprint density at radius 2 is 1.52 bits per heavy atom. The summed E-state index contributed by atoms with van der Waals surface area (Å²) < 4.78 is 53.1. The third-order valence-corrected chi connectivity index (χ3v) is 16.7. The van der Waals surface area contributed by atoms with Gasteiger partial charge in [0.05, 0.1) is 37.1 Å². The standard InChI is InChI=1S/C44H68O19/c1-19-39(63-41-38(53)36(51)34(49)29(62-41)18-57-40-37(52)35(50)33(48)28(16-45)61-40)26(55-5)14-31(58-19)60-23-8-10-42(3)22(13-23)6-7-25-24(42)9-11-43(4)32(21-12-30(47)56-17-21)27(59-20(2)46)15-44(25,43)54/h12,19,22-29,31-41,45,48-54H,6-11,13-18H2,1-5H3/t19-,22-,23+,24+,25-,26+,27+,28-,29-,31+,32+,33-,34-,35+,36+,37-,38-,39-,40-,41+,42+,43-,44+/m1/s1. The molecule has 0 bridgehead atoms. The molecule has 4 saturated carbocycles. The second-order valence-electron chi connectivity index (χ2n) is 20.0. The molecule has 63 heavy (non-hydrogen) atoms. The van der Waals surface area contributed by atoms with Gasteiger partial charge in [-0.3, -0.25) is 4.79 Å². The average Bonchev–Trinajstić information content (AvgIpc) is 3.76. The number of hydrogen-bond donors (Lipinski definition) is 8. The van der Waals surface area contributed by atoms with Gasteiger partial charge in [0, 0.05) is 44.3 Å². The van der Waals surface area contributed by atoms with Crippen molar-refractivity contribution in [1.29, 1.82) is 0 Å². The Hall–Kier alpha value is -1.92. The Bertz CT molecular complexity index is 1680. The number of hydrogen-bond acceptors (Lipinski definition) is 19. The first-order chi connectivity index (χ1) is 29.8. The predicted octanol–water partition coefficient (Wildman–Crippen LogP) is -0.671. The molecule has 0 aromatic carbocycles. The van der Waals surface area contributed by atoms with E-state index in [1.54, 1.807) is 6.92 Å². The van der Waals surface area contributed by atoms with Gasteiger partial charge in [-0.2, -0.15) is 0 Å². The van der Waals surface area contributed by atoms with Crippen LogP contribution in [0.25, 0.3) is 0 Å². The van der Waals surface area contributed by atoms with Gasteiger partial charge < -0.3 is 83.5 Å². The molecule has 0 radical (unpaired) electrons. The summed E-state index contributed by atoms with van der Waals surface area (Å²) >= 11 is 0. The van der Waals surface area contributed by atoms with Crippen molar-refractivity contribution in [2.45, 2.75) is 189 Å². The third kappa shape index (κ3) is 8.43. The number of cyclic esters (lactones) is 1. The van der Waals surface area contributed by atoms with Gasteiger partial charge in [-0.25, -0.2) is 4.79 Å². The smallest absolute Gasteiger partial charge is 0.331 e. The molecular weight excluding hydrogens is 832 g/mol. The number of carbonyl (C=O) groups is 2. The lowest BCUT2D eigenvalue weighted by Gasteiger charge is -2.63. The molecule has 358 valence electrons. The summed E-state index contributed by atoms with van der Waals surface area (Å²) in [6.07, 6.45) is -10.8. The number of fused-ring (bicyclic) bond motifs is 5. The molecule has 4 heterocycles. The van der Waals surface area contributed by atoms with E-state index in [9.17, 15) is 50.4 Å². The molecule has 19 heteroatoms. The first-order valence-corrected chi connectivity index (χ1v) is 22.7. The van der Waals surface area contributed by atoms with Gasteiger partial charge in [-0.1, -0.05) is 13.8 Å². The van der Waals surface area contributed by atoms with Gasteiger partial charge in [0.25, 0.3) is 0 Å². The molecule has 0 aromatic rings. The van der Waals surface area contributed by atoms with Crippen molar-refractivity contribution < 1.29 is 93.1 Å². The van der Waals surface area contributed by atoms with E-state index in [1.165, 1.54) is 20.1 Å². The zero-order valence-corrected chi connectivity index (χ0v) is 36.7. The van der Waals surface area contributed by atoms with E-state index in [4.69, 9.17) is 42.6 Å². The van der Waals surface area contributed by atoms with Crippen molar-refractivity contribution in [1.82, 2.24) is 0 Å². The zero-order valence-electron chi connectivity index (χ0n) is 36.7. The van der Waals surface area contributed by atoms with Gasteiger partial charge >= 0.3 is 11.9 Å². The minimum atomic E-state index is -1.72. The monoisotopic (exact) mass is 900 g/mol. The minimum absolute atomic E-state index is 0.000125. The van der Waals surface area contributed by atoms with Crippen LogP contribution in [0.4, 0.5) is 0 Å². The number of methoxy groups -OCH3 is 1. The maximum absolute atomic E-state index is 12.9. The van der Waals surface area contributed by atoms with Gasteiger partial charge in [-0.15, -0.1) is 0 Å². The Balaban J connectivity index is 0.874. The van der Waals surface area contributed by atoms with E-state index < -0.39 is 128 Å². The van der Waals surface area contributed by atoms with Crippen LogP contribution in [0.5, 0.6) is 0 Å². The molecule has 4 aliphatic carbocycles. The lowest BCUT2D eigenvalue weighted by molar-refractivity contribution is -0.355. The van der Waals surface area contributed by atoms with Gasteiger partial charge in [0.2, 0.25) is 0 Å². The number of aliphatic hydroxyl groups excluding tert-OH is 7. The molecule has 0 aromatic heterocycles. The second-order valence-corrected chi connectivity index (χ2v) is 20.0. The number of esters is 2. The molecule has 0 unspecified atom stereocenters. The summed E-state index contributed by atoms with van der Waals surface area (Å²) in [4.78, 5) is 24.5. The van der Waals surface area contributed by atoms with Crippen LogP contribution in [0.2, 0.25) is 0 Å².